The second-order valence-corrected chi connectivity index (χ2v) is 14.1. The molecule has 210 valence electrons. The number of esters is 1. The standard InChI is InChI=1S/C31H44Cl2N2O3/c1-30(2)16-22(32)18-34(20-30)15-9-8-12-26(35-19-23(33)17-31(3,4)21-35)29(36)38-28-14-13-27(37-5)24-10-6-7-11-25(24)28/h6-7,10-11,13-14,22-23,26H,8-9,12,15-21H2,1-5H3/t22?,23?,26-/m0/s1. The second-order valence-electron chi connectivity index (χ2n) is 12.8. The fourth-order valence-electron chi connectivity index (χ4n) is 6.49. The summed E-state index contributed by atoms with van der Waals surface area (Å²) in [6.07, 6.45) is 4.71. The molecule has 2 aromatic rings. The Bertz CT molecular complexity index is 1110. The molecule has 2 aliphatic heterocycles. The summed E-state index contributed by atoms with van der Waals surface area (Å²) in [7, 11) is 1.66. The van der Waals surface area contributed by atoms with Crippen LogP contribution in [0.25, 0.3) is 10.8 Å². The van der Waals surface area contributed by atoms with E-state index < -0.39 is 0 Å². The fourth-order valence-corrected chi connectivity index (χ4v) is 7.70. The molecule has 3 atom stereocenters. The van der Waals surface area contributed by atoms with Gasteiger partial charge in [-0.3, -0.25) is 4.90 Å². The van der Waals surface area contributed by atoms with Gasteiger partial charge in [-0.05, 0) is 55.2 Å². The average molecular weight is 564 g/mol. The molecule has 2 aromatic carbocycles. The number of benzene rings is 2. The van der Waals surface area contributed by atoms with Gasteiger partial charge in [0.05, 0.1) is 7.11 Å². The van der Waals surface area contributed by atoms with Crippen LogP contribution in [0.2, 0.25) is 0 Å². The van der Waals surface area contributed by atoms with Gasteiger partial charge in [0.1, 0.15) is 17.5 Å². The van der Waals surface area contributed by atoms with Crippen molar-refractivity contribution >= 4 is 39.9 Å². The van der Waals surface area contributed by atoms with E-state index in [1.54, 1.807) is 7.11 Å². The van der Waals surface area contributed by atoms with Gasteiger partial charge in [-0.25, -0.2) is 4.79 Å². The highest BCUT2D eigenvalue weighted by Crippen LogP contribution is 2.36. The van der Waals surface area contributed by atoms with Crippen LogP contribution in [0.4, 0.5) is 0 Å². The van der Waals surface area contributed by atoms with Gasteiger partial charge in [-0.2, -0.15) is 0 Å². The Morgan fingerprint density at radius 1 is 0.921 bits per heavy atom. The lowest BCUT2D eigenvalue weighted by Crippen LogP contribution is -2.53. The van der Waals surface area contributed by atoms with E-state index in [9.17, 15) is 4.79 Å². The molecule has 7 heteroatoms. The van der Waals surface area contributed by atoms with Crippen molar-refractivity contribution in [2.24, 2.45) is 10.8 Å². The Morgan fingerprint density at radius 3 is 2.16 bits per heavy atom. The minimum absolute atomic E-state index is 0.0205. The van der Waals surface area contributed by atoms with Crippen LogP contribution in [-0.4, -0.2) is 72.4 Å². The molecule has 2 aliphatic rings. The van der Waals surface area contributed by atoms with Crippen LogP contribution in [0.5, 0.6) is 11.5 Å². The Labute approximate surface area is 238 Å². The van der Waals surface area contributed by atoms with Crippen molar-refractivity contribution < 1.29 is 14.3 Å². The van der Waals surface area contributed by atoms with Crippen LogP contribution < -0.4 is 9.47 Å². The fraction of sp³-hybridized carbons (Fsp3) is 0.645. The monoisotopic (exact) mass is 562 g/mol. The van der Waals surface area contributed by atoms with E-state index in [1.807, 2.05) is 36.4 Å². The van der Waals surface area contributed by atoms with Crippen molar-refractivity contribution in [2.75, 3.05) is 39.8 Å². The molecule has 0 spiro atoms. The summed E-state index contributed by atoms with van der Waals surface area (Å²) >= 11 is 13.2. The first-order valence-electron chi connectivity index (χ1n) is 14.0. The molecule has 2 heterocycles. The molecule has 5 nitrogen and oxygen atoms in total. The number of likely N-dealkylation sites (tertiary alicyclic amines) is 2. The van der Waals surface area contributed by atoms with Crippen LogP contribution >= 0.6 is 23.2 Å². The maximum Gasteiger partial charge on any atom is 0.328 e. The lowest BCUT2D eigenvalue weighted by Gasteiger charge is -2.43. The van der Waals surface area contributed by atoms with Crippen molar-refractivity contribution in [2.45, 2.75) is 76.6 Å². The highest BCUT2D eigenvalue weighted by molar-refractivity contribution is 6.21. The zero-order valence-corrected chi connectivity index (χ0v) is 25.2. The maximum atomic E-state index is 13.8. The molecular formula is C31H44Cl2N2O3. The molecule has 2 unspecified atom stereocenters. The first-order valence-corrected chi connectivity index (χ1v) is 14.9. The van der Waals surface area contributed by atoms with Crippen LogP contribution in [0.15, 0.2) is 36.4 Å². The molecule has 0 amide bonds. The van der Waals surface area contributed by atoms with Crippen molar-refractivity contribution in [1.82, 2.24) is 9.80 Å². The summed E-state index contributed by atoms with van der Waals surface area (Å²) in [5, 5.41) is 2.03. The van der Waals surface area contributed by atoms with Gasteiger partial charge in [0.2, 0.25) is 0 Å². The number of halogens is 2. The smallest absolute Gasteiger partial charge is 0.328 e. The van der Waals surface area contributed by atoms with E-state index in [1.165, 1.54) is 0 Å². The lowest BCUT2D eigenvalue weighted by molar-refractivity contribution is -0.142. The predicted octanol–water partition coefficient (Wildman–Crippen LogP) is 6.97. The third-order valence-electron chi connectivity index (χ3n) is 7.91. The summed E-state index contributed by atoms with van der Waals surface area (Å²) in [5.41, 5.74) is 0.289. The molecule has 0 saturated carbocycles. The summed E-state index contributed by atoms with van der Waals surface area (Å²) in [6, 6.07) is 11.2. The van der Waals surface area contributed by atoms with Crippen LogP contribution in [0, 0.1) is 10.8 Å². The van der Waals surface area contributed by atoms with Crippen molar-refractivity contribution in [1.29, 1.82) is 0 Å². The van der Waals surface area contributed by atoms with Crippen molar-refractivity contribution in [3.05, 3.63) is 36.4 Å². The minimum atomic E-state index is -0.338. The van der Waals surface area contributed by atoms with E-state index in [2.05, 4.69) is 37.5 Å². The zero-order chi connectivity index (χ0) is 27.5. The van der Waals surface area contributed by atoms with E-state index >= 15 is 0 Å². The second kappa shape index (κ2) is 12.3. The van der Waals surface area contributed by atoms with Gasteiger partial charge in [0, 0.05) is 47.7 Å². The van der Waals surface area contributed by atoms with Gasteiger partial charge < -0.3 is 14.4 Å². The Kier molecular flexibility index (Phi) is 9.55. The number of methoxy groups -OCH3 is 1. The number of hydrogen-bond acceptors (Lipinski definition) is 5. The van der Waals surface area contributed by atoms with E-state index in [0.29, 0.717) is 12.3 Å². The van der Waals surface area contributed by atoms with Crippen LogP contribution in [0.3, 0.4) is 0 Å². The number of alkyl halides is 2. The highest BCUT2D eigenvalue weighted by Gasteiger charge is 2.38. The number of ether oxygens (including phenoxy) is 2. The summed E-state index contributed by atoms with van der Waals surface area (Å²) in [6.45, 7) is 13.6. The number of fused-ring (bicyclic) bond motifs is 1. The number of unbranched alkanes of at least 4 members (excludes halogenated alkanes) is 1. The van der Waals surface area contributed by atoms with E-state index in [0.717, 1.165) is 74.8 Å². The SMILES string of the molecule is COc1ccc(OC(=O)[C@H](CCCCN2CC(Cl)CC(C)(C)C2)N2CC(Cl)CC(C)(C)C2)c2ccccc12. The van der Waals surface area contributed by atoms with Crippen LogP contribution in [0.1, 0.15) is 59.8 Å². The van der Waals surface area contributed by atoms with E-state index in [4.69, 9.17) is 32.7 Å². The molecular weight excluding hydrogens is 519 g/mol. The first-order chi connectivity index (χ1) is 18.0. The maximum absolute atomic E-state index is 13.8. The lowest BCUT2D eigenvalue weighted by atomic mass is 9.83. The molecule has 0 radical (unpaired) electrons. The van der Waals surface area contributed by atoms with Crippen LogP contribution in [-0.2, 0) is 4.79 Å². The molecule has 2 saturated heterocycles. The largest absolute Gasteiger partial charge is 0.496 e. The number of nitrogens with zero attached hydrogens (tertiary/aromatic N) is 2. The topological polar surface area (TPSA) is 42.0 Å². The summed E-state index contributed by atoms with van der Waals surface area (Å²) in [5.74, 6) is 1.13. The quantitative estimate of drug-likeness (QED) is 0.143. The number of carbonyl (C=O) groups excluding carboxylic acids is 1. The van der Waals surface area contributed by atoms with Crippen molar-refractivity contribution in [3.63, 3.8) is 0 Å². The highest BCUT2D eigenvalue weighted by atomic mass is 35.5. The Hall–Kier alpha value is -1.53. The number of rotatable bonds is 9. The van der Waals surface area contributed by atoms with Crippen molar-refractivity contribution in [3.8, 4) is 11.5 Å². The number of piperidine rings is 2. The van der Waals surface area contributed by atoms with Gasteiger partial charge >= 0.3 is 5.97 Å². The predicted molar refractivity (Wildman–Crippen MR) is 158 cm³/mol. The number of hydrogen-bond donors (Lipinski definition) is 0. The molecule has 4 rings (SSSR count). The molecule has 0 bridgehead atoms. The summed E-state index contributed by atoms with van der Waals surface area (Å²) < 4.78 is 11.7. The Morgan fingerprint density at radius 2 is 1.53 bits per heavy atom. The third kappa shape index (κ3) is 7.56. The molecule has 38 heavy (non-hydrogen) atoms. The van der Waals surface area contributed by atoms with Gasteiger partial charge in [0.25, 0.3) is 0 Å². The molecule has 2 fully saturated rings. The molecule has 0 aliphatic carbocycles. The normalized spacial score (nSPS) is 24.7. The minimum Gasteiger partial charge on any atom is -0.496 e. The Balaban J connectivity index is 1.47. The number of carbonyl (C=O) groups is 1. The van der Waals surface area contributed by atoms with Gasteiger partial charge in [-0.1, -0.05) is 58.4 Å². The molecule has 0 aromatic heterocycles. The van der Waals surface area contributed by atoms with Gasteiger partial charge in [-0.15, -0.1) is 23.2 Å². The third-order valence-corrected chi connectivity index (χ3v) is 8.49. The zero-order valence-electron chi connectivity index (χ0n) is 23.6. The average Bonchev–Trinajstić information content (AvgIpc) is 2.81. The summed E-state index contributed by atoms with van der Waals surface area (Å²) in [4.78, 5) is 18.5. The molecule has 0 N–H and O–H groups in total. The van der Waals surface area contributed by atoms with Gasteiger partial charge in [0.15, 0.2) is 0 Å². The first kappa shape index (κ1) is 29.5. The van der Waals surface area contributed by atoms with E-state index in [-0.39, 0.29) is 33.6 Å².